The van der Waals surface area contributed by atoms with E-state index in [1.165, 1.54) is 11.8 Å². The molecule has 2 aromatic rings. The van der Waals surface area contributed by atoms with Crippen LogP contribution in [0.25, 0.3) is 0 Å². The highest BCUT2D eigenvalue weighted by atomic mass is 35.5. The number of amides is 1. The molecule has 122 valence electrons. The SMILES string of the molecule is O=C1N/C(=N\N=C\c2ccccc2Cl)SC1Cc1cccc(Cl)c1. The monoisotopic (exact) mass is 377 g/mol. The van der Waals surface area contributed by atoms with Crippen LogP contribution in [-0.4, -0.2) is 22.5 Å². The van der Waals surface area contributed by atoms with Crippen molar-refractivity contribution in [2.75, 3.05) is 0 Å². The summed E-state index contributed by atoms with van der Waals surface area (Å²) in [5.41, 5.74) is 1.78. The first-order valence-electron chi connectivity index (χ1n) is 7.19. The summed E-state index contributed by atoms with van der Waals surface area (Å²) in [6.45, 7) is 0. The highest BCUT2D eigenvalue weighted by Gasteiger charge is 2.30. The van der Waals surface area contributed by atoms with Crippen LogP contribution in [-0.2, 0) is 11.2 Å². The number of halogens is 2. The van der Waals surface area contributed by atoms with Crippen molar-refractivity contribution < 1.29 is 4.79 Å². The summed E-state index contributed by atoms with van der Waals surface area (Å²) in [4.78, 5) is 12.0. The molecule has 1 amide bonds. The minimum Gasteiger partial charge on any atom is -0.303 e. The predicted octanol–water partition coefficient (Wildman–Crippen LogP) is 4.16. The van der Waals surface area contributed by atoms with E-state index in [1.54, 1.807) is 12.3 Å². The van der Waals surface area contributed by atoms with E-state index >= 15 is 0 Å². The molecule has 0 bridgehead atoms. The molecule has 1 fully saturated rings. The maximum Gasteiger partial charge on any atom is 0.239 e. The third kappa shape index (κ3) is 4.38. The van der Waals surface area contributed by atoms with Crippen LogP contribution < -0.4 is 5.32 Å². The number of carbonyl (C=O) groups excluding carboxylic acids is 1. The van der Waals surface area contributed by atoms with Crippen molar-refractivity contribution in [1.82, 2.24) is 5.32 Å². The Balaban J connectivity index is 1.65. The zero-order chi connectivity index (χ0) is 16.9. The molecule has 4 nitrogen and oxygen atoms in total. The highest BCUT2D eigenvalue weighted by molar-refractivity contribution is 8.15. The first-order chi connectivity index (χ1) is 11.6. The average Bonchev–Trinajstić information content (AvgIpc) is 2.89. The number of benzene rings is 2. The van der Waals surface area contributed by atoms with Crippen LogP contribution in [0.3, 0.4) is 0 Å². The molecule has 0 radical (unpaired) electrons. The largest absolute Gasteiger partial charge is 0.303 e. The van der Waals surface area contributed by atoms with E-state index in [2.05, 4.69) is 15.5 Å². The minimum absolute atomic E-state index is 0.0772. The molecule has 1 atom stereocenters. The lowest BCUT2D eigenvalue weighted by atomic mass is 10.1. The quantitative estimate of drug-likeness (QED) is 0.642. The number of hydrogen-bond donors (Lipinski definition) is 1. The molecule has 1 unspecified atom stereocenters. The van der Waals surface area contributed by atoms with Crippen LogP contribution in [0.5, 0.6) is 0 Å². The Bertz CT molecular complexity index is 823. The molecular weight excluding hydrogens is 365 g/mol. The fourth-order valence-electron chi connectivity index (χ4n) is 2.19. The number of rotatable bonds is 4. The van der Waals surface area contributed by atoms with Crippen LogP contribution in [0.15, 0.2) is 58.7 Å². The van der Waals surface area contributed by atoms with E-state index in [0.29, 0.717) is 21.6 Å². The van der Waals surface area contributed by atoms with Gasteiger partial charge in [0.25, 0.3) is 0 Å². The van der Waals surface area contributed by atoms with Crippen molar-refractivity contribution in [2.24, 2.45) is 10.2 Å². The Kier molecular flexibility index (Phi) is 5.56. The number of carbonyl (C=O) groups is 1. The third-order valence-electron chi connectivity index (χ3n) is 3.34. The van der Waals surface area contributed by atoms with Crippen molar-refractivity contribution in [3.63, 3.8) is 0 Å². The van der Waals surface area contributed by atoms with Crippen LogP contribution in [0.1, 0.15) is 11.1 Å². The van der Waals surface area contributed by atoms with Gasteiger partial charge in [0.2, 0.25) is 5.91 Å². The van der Waals surface area contributed by atoms with E-state index in [9.17, 15) is 4.79 Å². The fraction of sp³-hybridized carbons (Fsp3) is 0.118. The lowest BCUT2D eigenvalue weighted by Crippen LogP contribution is -2.25. The van der Waals surface area contributed by atoms with Gasteiger partial charge in [-0.1, -0.05) is 65.3 Å². The minimum atomic E-state index is -0.238. The summed E-state index contributed by atoms with van der Waals surface area (Å²) < 4.78 is 0. The smallest absolute Gasteiger partial charge is 0.239 e. The summed E-state index contributed by atoms with van der Waals surface area (Å²) in [5.74, 6) is -0.0772. The molecule has 0 aromatic heterocycles. The molecule has 0 saturated carbocycles. The van der Waals surface area contributed by atoms with Crippen molar-refractivity contribution in [2.45, 2.75) is 11.7 Å². The first kappa shape index (κ1) is 17.0. The fourth-order valence-corrected chi connectivity index (χ4v) is 3.55. The van der Waals surface area contributed by atoms with Gasteiger partial charge in [-0.15, -0.1) is 5.10 Å². The van der Waals surface area contributed by atoms with E-state index in [0.717, 1.165) is 11.1 Å². The van der Waals surface area contributed by atoms with Gasteiger partial charge in [-0.2, -0.15) is 5.10 Å². The Morgan fingerprint density at radius 2 is 2.00 bits per heavy atom. The Morgan fingerprint density at radius 1 is 1.17 bits per heavy atom. The molecule has 1 aliphatic heterocycles. The Hall–Kier alpha value is -1.82. The van der Waals surface area contributed by atoms with Crippen LogP contribution in [0.2, 0.25) is 10.0 Å². The van der Waals surface area contributed by atoms with Crippen molar-refractivity contribution >= 4 is 52.3 Å². The second kappa shape index (κ2) is 7.83. The topological polar surface area (TPSA) is 53.8 Å². The molecule has 1 N–H and O–H groups in total. The zero-order valence-electron chi connectivity index (χ0n) is 12.4. The number of nitrogens with one attached hydrogen (secondary N) is 1. The zero-order valence-corrected chi connectivity index (χ0v) is 14.8. The van der Waals surface area contributed by atoms with E-state index in [-0.39, 0.29) is 11.2 Å². The summed E-state index contributed by atoms with van der Waals surface area (Å²) in [5, 5.41) is 12.3. The predicted molar refractivity (Wildman–Crippen MR) is 101 cm³/mol. The summed E-state index contributed by atoms with van der Waals surface area (Å²) >= 11 is 13.4. The molecule has 1 saturated heterocycles. The van der Waals surface area contributed by atoms with E-state index in [1.807, 2.05) is 42.5 Å². The van der Waals surface area contributed by atoms with Gasteiger partial charge in [0.15, 0.2) is 5.17 Å². The second-order valence-electron chi connectivity index (χ2n) is 5.10. The maximum atomic E-state index is 12.0. The number of nitrogens with zero attached hydrogens (tertiary/aromatic N) is 2. The van der Waals surface area contributed by atoms with Crippen LogP contribution in [0.4, 0.5) is 0 Å². The molecule has 0 spiro atoms. The van der Waals surface area contributed by atoms with Gasteiger partial charge in [0.05, 0.1) is 11.5 Å². The Morgan fingerprint density at radius 3 is 2.79 bits per heavy atom. The summed E-state index contributed by atoms with van der Waals surface area (Å²) in [7, 11) is 0. The van der Waals surface area contributed by atoms with Gasteiger partial charge in [0, 0.05) is 15.6 Å². The van der Waals surface area contributed by atoms with Crippen molar-refractivity contribution in [3.05, 3.63) is 69.7 Å². The van der Waals surface area contributed by atoms with Gasteiger partial charge in [-0.3, -0.25) is 4.79 Å². The second-order valence-corrected chi connectivity index (χ2v) is 7.14. The van der Waals surface area contributed by atoms with Crippen molar-refractivity contribution in [3.8, 4) is 0 Å². The first-order valence-corrected chi connectivity index (χ1v) is 8.83. The normalized spacial score (nSPS) is 19.2. The summed E-state index contributed by atoms with van der Waals surface area (Å²) in [6, 6.07) is 14.8. The lowest BCUT2D eigenvalue weighted by Gasteiger charge is -2.05. The molecule has 1 aliphatic rings. The van der Waals surface area contributed by atoms with E-state index < -0.39 is 0 Å². The molecule has 0 aliphatic carbocycles. The van der Waals surface area contributed by atoms with Gasteiger partial charge in [-0.25, -0.2) is 0 Å². The molecule has 3 rings (SSSR count). The van der Waals surface area contributed by atoms with Crippen LogP contribution in [0, 0.1) is 0 Å². The van der Waals surface area contributed by atoms with Gasteiger partial charge < -0.3 is 5.32 Å². The maximum absolute atomic E-state index is 12.0. The highest BCUT2D eigenvalue weighted by Crippen LogP contribution is 2.24. The molecular formula is C17H13Cl2N3OS. The lowest BCUT2D eigenvalue weighted by molar-refractivity contribution is -0.118. The standard InChI is InChI=1S/C17H13Cl2N3OS/c18-13-6-3-4-11(8-13)9-15-16(23)21-17(24-15)22-20-10-12-5-1-2-7-14(12)19/h1-8,10,15H,9H2,(H,21,22,23)/b20-10+. The summed E-state index contributed by atoms with van der Waals surface area (Å²) in [6.07, 6.45) is 2.15. The number of hydrogen-bond acceptors (Lipinski definition) is 4. The van der Waals surface area contributed by atoms with Gasteiger partial charge >= 0.3 is 0 Å². The Labute approximate surface area is 154 Å². The van der Waals surface area contributed by atoms with Crippen molar-refractivity contribution in [1.29, 1.82) is 0 Å². The van der Waals surface area contributed by atoms with Gasteiger partial charge in [-0.05, 0) is 30.2 Å². The van der Waals surface area contributed by atoms with Crippen LogP contribution >= 0.6 is 35.0 Å². The molecule has 2 aromatic carbocycles. The third-order valence-corrected chi connectivity index (χ3v) is 4.99. The van der Waals surface area contributed by atoms with E-state index in [4.69, 9.17) is 23.2 Å². The molecule has 1 heterocycles. The molecule has 7 heteroatoms. The van der Waals surface area contributed by atoms with Gasteiger partial charge in [0.1, 0.15) is 0 Å². The number of thioether (sulfide) groups is 1. The number of amidine groups is 1. The molecule has 24 heavy (non-hydrogen) atoms. The average molecular weight is 378 g/mol.